The second-order valence-corrected chi connectivity index (χ2v) is 5.49. The van der Waals surface area contributed by atoms with E-state index in [1.807, 2.05) is 30.6 Å². The van der Waals surface area contributed by atoms with E-state index in [4.69, 9.17) is 11.6 Å². The van der Waals surface area contributed by atoms with Crippen LogP contribution in [0.4, 0.5) is 5.69 Å². The van der Waals surface area contributed by atoms with Gasteiger partial charge in [0.2, 0.25) is 0 Å². The van der Waals surface area contributed by atoms with Crippen LogP contribution in [0.2, 0.25) is 5.02 Å². The Labute approximate surface area is 129 Å². The van der Waals surface area contributed by atoms with Gasteiger partial charge >= 0.3 is 0 Å². The highest BCUT2D eigenvalue weighted by molar-refractivity contribution is 6.31. The average Bonchev–Trinajstić information content (AvgIpc) is 2.89. The fourth-order valence-electron chi connectivity index (χ4n) is 2.43. The van der Waals surface area contributed by atoms with Crippen molar-refractivity contribution in [2.24, 2.45) is 0 Å². The molecule has 0 unspecified atom stereocenters. The van der Waals surface area contributed by atoms with Gasteiger partial charge in [0.15, 0.2) is 0 Å². The summed E-state index contributed by atoms with van der Waals surface area (Å²) in [6, 6.07) is 14.2. The van der Waals surface area contributed by atoms with E-state index in [0.717, 1.165) is 34.8 Å². The smallest absolute Gasteiger partial charge is 0.0958 e. The summed E-state index contributed by atoms with van der Waals surface area (Å²) in [5, 5.41) is 4.19. The second-order valence-electron chi connectivity index (χ2n) is 5.09. The van der Waals surface area contributed by atoms with E-state index in [-0.39, 0.29) is 0 Å². The van der Waals surface area contributed by atoms with Crippen molar-refractivity contribution in [3.05, 3.63) is 59.4 Å². The molecule has 0 saturated carbocycles. The molecule has 1 aromatic heterocycles. The fourth-order valence-corrected chi connectivity index (χ4v) is 2.63. The van der Waals surface area contributed by atoms with Crippen molar-refractivity contribution >= 4 is 28.3 Å². The molecule has 0 amide bonds. The van der Waals surface area contributed by atoms with Gasteiger partial charge in [-0.25, -0.2) is 4.98 Å². The summed E-state index contributed by atoms with van der Waals surface area (Å²) < 4.78 is 2.19. The maximum Gasteiger partial charge on any atom is 0.0958 e. The summed E-state index contributed by atoms with van der Waals surface area (Å²) in [5.41, 5.74) is 4.35. The van der Waals surface area contributed by atoms with Gasteiger partial charge in [0.25, 0.3) is 0 Å². The molecule has 1 heterocycles. The first kappa shape index (κ1) is 14.0. The van der Waals surface area contributed by atoms with Gasteiger partial charge in [0.05, 0.1) is 17.4 Å². The fraction of sp³-hybridized carbons (Fsp3) is 0.235. The van der Waals surface area contributed by atoms with Gasteiger partial charge in [-0.3, -0.25) is 0 Å². The number of aryl methyl sites for hydroxylation is 1. The van der Waals surface area contributed by atoms with Crippen LogP contribution in [-0.4, -0.2) is 9.55 Å². The van der Waals surface area contributed by atoms with E-state index in [0.29, 0.717) is 6.54 Å². The maximum absolute atomic E-state index is 6.17. The molecule has 0 aliphatic carbocycles. The van der Waals surface area contributed by atoms with Crippen LogP contribution in [-0.2, 0) is 13.1 Å². The quantitative estimate of drug-likeness (QED) is 0.739. The average molecular weight is 300 g/mol. The lowest BCUT2D eigenvalue weighted by Gasteiger charge is -2.08. The lowest BCUT2D eigenvalue weighted by Crippen LogP contribution is -2.00. The Bertz CT molecular complexity index is 749. The number of aromatic nitrogens is 2. The summed E-state index contributed by atoms with van der Waals surface area (Å²) in [7, 11) is 0. The predicted molar refractivity (Wildman–Crippen MR) is 88.8 cm³/mol. The molecule has 4 heteroatoms. The molecular weight excluding hydrogens is 282 g/mol. The highest BCUT2D eigenvalue weighted by Crippen LogP contribution is 2.21. The van der Waals surface area contributed by atoms with Gasteiger partial charge in [0, 0.05) is 23.8 Å². The van der Waals surface area contributed by atoms with Crippen molar-refractivity contribution in [1.82, 2.24) is 9.55 Å². The minimum Gasteiger partial charge on any atom is -0.381 e. The van der Waals surface area contributed by atoms with Crippen molar-refractivity contribution in [3.63, 3.8) is 0 Å². The molecule has 21 heavy (non-hydrogen) atoms. The topological polar surface area (TPSA) is 29.9 Å². The summed E-state index contributed by atoms with van der Waals surface area (Å²) in [4.78, 5) is 4.47. The molecular formula is C17H18ClN3. The minimum atomic E-state index is 0.709. The maximum atomic E-state index is 6.17. The molecule has 0 aliphatic rings. The highest BCUT2D eigenvalue weighted by atomic mass is 35.5. The van der Waals surface area contributed by atoms with E-state index in [9.17, 15) is 0 Å². The van der Waals surface area contributed by atoms with Crippen molar-refractivity contribution in [1.29, 1.82) is 0 Å². The van der Waals surface area contributed by atoms with Gasteiger partial charge in [-0.15, -0.1) is 0 Å². The molecule has 0 aliphatic heterocycles. The third-order valence-corrected chi connectivity index (χ3v) is 3.90. The Kier molecular flexibility index (Phi) is 4.11. The molecule has 108 valence electrons. The number of rotatable bonds is 5. The molecule has 1 N–H and O–H groups in total. The van der Waals surface area contributed by atoms with Crippen molar-refractivity contribution in [2.45, 2.75) is 26.4 Å². The Morgan fingerprint density at radius 3 is 2.86 bits per heavy atom. The van der Waals surface area contributed by atoms with Crippen LogP contribution in [0.25, 0.3) is 11.0 Å². The number of nitrogens with zero attached hydrogens (tertiary/aromatic N) is 2. The van der Waals surface area contributed by atoms with Crippen LogP contribution < -0.4 is 5.32 Å². The summed E-state index contributed by atoms with van der Waals surface area (Å²) in [5.74, 6) is 0. The zero-order valence-electron chi connectivity index (χ0n) is 12.0. The predicted octanol–water partition coefficient (Wildman–Crippen LogP) is 4.71. The minimum absolute atomic E-state index is 0.709. The summed E-state index contributed by atoms with van der Waals surface area (Å²) in [6.45, 7) is 3.88. The third kappa shape index (κ3) is 3.03. The third-order valence-electron chi connectivity index (χ3n) is 3.53. The largest absolute Gasteiger partial charge is 0.381 e. The molecule has 2 aromatic carbocycles. The molecule has 0 spiro atoms. The normalized spacial score (nSPS) is 11.0. The number of anilines is 1. The first-order valence-corrected chi connectivity index (χ1v) is 7.58. The monoisotopic (exact) mass is 299 g/mol. The SMILES string of the molecule is CCCn1cnc2cc(NCc3ccccc3Cl)ccc21. The standard InChI is InChI=1S/C17H18ClN3/c1-2-9-21-12-20-16-10-14(7-8-17(16)21)19-11-13-5-3-4-6-15(13)18/h3-8,10,12,19H,2,9,11H2,1H3. The number of benzene rings is 2. The molecule has 3 rings (SSSR count). The lowest BCUT2D eigenvalue weighted by atomic mass is 10.2. The highest BCUT2D eigenvalue weighted by Gasteiger charge is 2.04. The van der Waals surface area contributed by atoms with Gasteiger partial charge in [-0.2, -0.15) is 0 Å². The Morgan fingerprint density at radius 1 is 1.19 bits per heavy atom. The van der Waals surface area contributed by atoms with Gasteiger partial charge < -0.3 is 9.88 Å². The molecule has 3 aromatic rings. The molecule has 0 bridgehead atoms. The zero-order chi connectivity index (χ0) is 14.7. The Balaban J connectivity index is 1.77. The number of fused-ring (bicyclic) bond motifs is 1. The van der Waals surface area contributed by atoms with Crippen molar-refractivity contribution in [2.75, 3.05) is 5.32 Å². The molecule has 0 radical (unpaired) electrons. The summed E-state index contributed by atoms with van der Waals surface area (Å²) in [6.07, 6.45) is 3.02. The number of imidazole rings is 1. The molecule has 0 atom stereocenters. The van der Waals surface area contributed by atoms with E-state index < -0.39 is 0 Å². The van der Waals surface area contributed by atoms with Gasteiger partial charge in [-0.1, -0.05) is 36.7 Å². The van der Waals surface area contributed by atoms with Crippen LogP contribution in [0.5, 0.6) is 0 Å². The molecule has 3 nitrogen and oxygen atoms in total. The zero-order valence-corrected chi connectivity index (χ0v) is 12.8. The van der Waals surface area contributed by atoms with Gasteiger partial charge in [-0.05, 0) is 36.2 Å². The van der Waals surface area contributed by atoms with E-state index >= 15 is 0 Å². The van der Waals surface area contributed by atoms with E-state index in [2.05, 4.69) is 40.0 Å². The van der Waals surface area contributed by atoms with Crippen LogP contribution >= 0.6 is 11.6 Å². The van der Waals surface area contributed by atoms with E-state index in [1.54, 1.807) is 0 Å². The van der Waals surface area contributed by atoms with Crippen LogP contribution in [0.1, 0.15) is 18.9 Å². The molecule has 0 fully saturated rings. The second kappa shape index (κ2) is 6.19. The molecule has 0 saturated heterocycles. The Hall–Kier alpha value is -2.00. The van der Waals surface area contributed by atoms with Crippen molar-refractivity contribution < 1.29 is 0 Å². The number of nitrogens with one attached hydrogen (secondary N) is 1. The van der Waals surface area contributed by atoms with E-state index in [1.165, 1.54) is 5.52 Å². The first-order valence-electron chi connectivity index (χ1n) is 7.20. The number of halogens is 1. The van der Waals surface area contributed by atoms with Crippen LogP contribution in [0, 0.1) is 0 Å². The first-order chi connectivity index (χ1) is 10.3. The Morgan fingerprint density at radius 2 is 2.05 bits per heavy atom. The number of hydrogen-bond acceptors (Lipinski definition) is 2. The van der Waals surface area contributed by atoms with Gasteiger partial charge in [0.1, 0.15) is 0 Å². The van der Waals surface area contributed by atoms with Crippen LogP contribution in [0.15, 0.2) is 48.8 Å². The number of hydrogen-bond donors (Lipinski definition) is 1. The lowest BCUT2D eigenvalue weighted by molar-refractivity contribution is 0.697. The summed E-state index contributed by atoms with van der Waals surface area (Å²) >= 11 is 6.17. The van der Waals surface area contributed by atoms with Crippen molar-refractivity contribution in [3.8, 4) is 0 Å². The van der Waals surface area contributed by atoms with Crippen LogP contribution in [0.3, 0.4) is 0 Å².